The van der Waals surface area contributed by atoms with Crippen LogP contribution in [-0.2, 0) is 0 Å². The zero-order valence-corrected chi connectivity index (χ0v) is 8.61. The number of rotatable bonds is 5. The van der Waals surface area contributed by atoms with Gasteiger partial charge in [0.05, 0.1) is 0 Å². The van der Waals surface area contributed by atoms with Crippen molar-refractivity contribution in [1.29, 1.82) is 0 Å². The molecule has 11 heavy (non-hydrogen) atoms. The summed E-state index contributed by atoms with van der Waals surface area (Å²) in [6.07, 6.45) is 5.25. The first kappa shape index (κ1) is 11.0. The molecule has 0 amide bonds. The molecule has 1 unspecified atom stereocenters. The van der Waals surface area contributed by atoms with Crippen LogP contribution in [0.4, 0.5) is 0 Å². The lowest BCUT2D eigenvalue weighted by molar-refractivity contribution is 0.284. The summed E-state index contributed by atoms with van der Waals surface area (Å²) in [6, 6.07) is 0. The molecule has 0 aliphatic carbocycles. The Labute approximate surface area is 72.4 Å². The average molecular weight is 155 g/mol. The maximum atomic E-state index is 4.00. The number of hydrogen-bond acceptors (Lipinski definition) is 0. The van der Waals surface area contributed by atoms with Crippen LogP contribution >= 0.6 is 0 Å². The molecule has 0 bridgehead atoms. The van der Waals surface area contributed by atoms with Crippen molar-refractivity contribution in [3.8, 4) is 0 Å². The van der Waals surface area contributed by atoms with E-state index in [2.05, 4.69) is 34.6 Å². The van der Waals surface area contributed by atoms with E-state index < -0.39 is 0 Å². The lowest BCUT2D eigenvalue weighted by Crippen LogP contribution is -2.11. The van der Waals surface area contributed by atoms with Gasteiger partial charge in [0.2, 0.25) is 0 Å². The molecule has 0 saturated heterocycles. The Balaban J connectivity index is 3.54. The summed E-state index contributed by atoms with van der Waals surface area (Å²) in [5.74, 6) is 0.617. The zero-order chi connectivity index (χ0) is 8.91. The van der Waals surface area contributed by atoms with Crippen molar-refractivity contribution in [2.75, 3.05) is 0 Å². The first-order chi connectivity index (χ1) is 4.98. The maximum absolute atomic E-state index is 4.00. The third-order valence-corrected chi connectivity index (χ3v) is 2.24. The Morgan fingerprint density at radius 3 is 2.18 bits per heavy atom. The van der Waals surface area contributed by atoms with Gasteiger partial charge in [-0.15, -0.1) is 0 Å². The first-order valence-corrected chi connectivity index (χ1v) is 4.81. The minimum atomic E-state index is 0.542. The summed E-state index contributed by atoms with van der Waals surface area (Å²) >= 11 is 0. The van der Waals surface area contributed by atoms with Crippen molar-refractivity contribution in [2.24, 2.45) is 11.3 Å². The maximum Gasteiger partial charge on any atom is -0.0354 e. The average Bonchev–Trinajstić information content (AvgIpc) is 1.84. The first-order valence-electron chi connectivity index (χ1n) is 4.81. The van der Waals surface area contributed by atoms with E-state index in [0.717, 1.165) is 0 Å². The summed E-state index contributed by atoms with van der Waals surface area (Å²) in [5, 5.41) is 0. The van der Waals surface area contributed by atoms with Gasteiger partial charge in [0.1, 0.15) is 0 Å². The van der Waals surface area contributed by atoms with Gasteiger partial charge in [0.25, 0.3) is 0 Å². The van der Waals surface area contributed by atoms with E-state index in [4.69, 9.17) is 0 Å². The van der Waals surface area contributed by atoms with E-state index in [0.29, 0.717) is 11.3 Å². The molecule has 1 atom stereocenters. The third-order valence-electron chi connectivity index (χ3n) is 2.24. The Hall–Kier alpha value is 0. The fourth-order valence-electron chi connectivity index (χ4n) is 1.44. The van der Waals surface area contributed by atoms with Crippen LogP contribution in [-0.4, -0.2) is 0 Å². The third kappa shape index (κ3) is 6.40. The lowest BCUT2D eigenvalue weighted by Gasteiger charge is -2.24. The minimum Gasteiger partial charge on any atom is -0.0654 e. The molecule has 0 heteroatoms. The summed E-state index contributed by atoms with van der Waals surface area (Å²) in [4.78, 5) is 0. The molecule has 67 valence electrons. The van der Waals surface area contributed by atoms with Crippen LogP contribution in [0.3, 0.4) is 0 Å². The molecular weight excluding hydrogens is 132 g/mol. The fraction of sp³-hybridized carbons (Fsp3) is 0.909. The van der Waals surface area contributed by atoms with Crippen LogP contribution in [0.5, 0.6) is 0 Å². The molecule has 0 aromatic heterocycles. The van der Waals surface area contributed by atoms with Gasteiger partial charge in [-0.25, -0.2) is 0 Å². The topological polar surface area (TPSA) is 0 Å². The molecule has 0 spiro atoms. The van der Waals surface area contributed by atoms with Gasteiger partial charge >= 0.3 is 0 Å². The quantitative estimate of drug-likeness (QED) is 0.561. The van der Waals surface area contributed by atoms with Gasteiger partial charge in [0.15, 0.2) is 0 Å². The monoisotopic (exact) mass is 155 g/mol. The Morgan fingerprint density at radius 2 is 1.82 bits per heavy atom. The van der Waals surface area contributed by atoms with Crippen molar-refractivity contribution in [2.45, 2.75) is 53.4 Å². The van der Waals surface area contributed by atoms with Crippen molar-refractivity contribution in [3.05, 3.63) is 6.92 Å². The Kier molecular flexibility index (Phi) is 4.79. The van der Waals surface area contributed by atoms with Gasteiger partial charge < -0.3 is 0 Å². The molecule has 1 radical (unpaired) electrons. The molecular formula is C11H23. The zero-order valence-electron chi connectivity index (χ0n) is 8.61. The van der Waals surface area contributed by atoms with Crippen molar-refractivity contribution < 1.29 is 0 Å². The second-order valence-corrected chi connectivity index (χ2v) is 4.56. The Bertz CT molecular complexity index is 90.2. The molecule has 0 fully saturated rings. The van der Waals surface area contributed by atoms with Gasteiger partial charge in [-0.2, -0.15) is 0 Å². The van der Waals surface area contributed by atoms with E-state index in [-0.39, 0.29) is 0 Å². The summed E-state index contributed by atoms with van der Waals surface area (Å²) < 4.78 is 0. The van der Waals surface area contributed by atoms with Crippen molar-refractivity contribution in [3.63, 3.8) is 0 Å². The highest BCUT2D eigenvalue weighted by molar-refractivity contribution is 4.69. The predicted octanol–water partition coefficient (Wildman–Crippen LogP) is 4.06. The highest BCUT2D eigenvalue weighted by Gasteiger charge is 2.16. The molecule has 0 heterocycles. The lowest BCUT2D eigenvalue weighted by atomic mass is 9.82. The second kappa shape index (κ2) is 4.79. The SMILES string of the molecule is [CH2]C(C)CCC(C)(C)CCC. The molecule has 0 aromatic rings. The molecule has 0 nitrogen and oxygen atoms in total. The van der Waals surface area contributed by atoms with E-state index in [9.17, 15) is 0 Å². The molecule has 0 aromatic carbocycles. The van der Waals surface area contributed by atoms with Gasteiger partial charge in [-0.1, -0.05) is 47.5 Å². The van der Waals surface area contributed by atoms with Crippen molar-refractivity contribution in [1.82, 2.24) is 0 Å². The number of hydrogen-bond donors (Lipinski definition) is 0. The Morgan fingerprint density at radius 1 is 1.27 bits per heavy atom. The van der Waals surface area contributed by atoms with Crippen LogP contribution < -0.4 is 0 Å². The minimum absolute atomic E-state index is 0.542. The van der Waals surface area contributed by atoms with Crippen LogP contribution in [0.15, 0.2) is 0 Å². The molecule has 0 aliphatic heterocycles. The van der Waals surface area contributed by atoms with E-state index in [1.54, 1.807) is 0 Å². The van der Waals surface area contributed by atoms with Gasteiger partial charge in [-0.3, -0.25) is 0 Å². The van der Waals surface area contributed by atoms with Crippen LogP contribution in [0.1, 0.15) is 53.4 Å². The van der Waals surface area contributed by atoms with E-state index in [1.165, 1.54) is 25.7 Å². The van der Waals surface area contributed by atoms with Crippen LogP contribution in [0.25, 0.3) is 0 Å². The second-order valence-electron chi connectivity index (χ2n) is 4.56. The predicted molar refractivity (Wildman–Crippen MR) is 52.4 cm³/mol. The van der Waals surface area contributed by atoms with Gasteiger partial charge in [0, 0.05) is 0 Å². The van der Waals surface area contributed by atoms with Crippen LogP contribution in [0, 0.1) is 18.3 Å². The fourth-order valence-corrected chi connectivity index (χ4v) is 1.44. The van der Waals surface area contributed by atoms with E-state index >= 15 is 0 Å². The van der Waals surface area contributed by atoms with Crippen molar-refractivity contribution >= 4 is 0 Å². The van der Waals surface area contributed by atoms with Crippen LogP contribution in [0.2, 0.25) is 0 Å². The highest BCUT2D eigenvalue weighted by Crippen LogP contribution is 2.29. The van der Waals surface area contributed by atoms with E-state index in [1.807, 2.05) is 0 Å². The molecule has 0 N–H and O–H groups in total. The molecule has 0 rings (SSSR count). The summed E-state index contributed by atoms with van der Waals surface area (Å²) in [7, 11) is 0. The normalized spacial score (nSPS) is 12.5. The smallest absolute Gasteiger partial charge is 0.0354 e. The largest absolute Gasteiger partial charge is 0.0654 e. The highest BCUT2D eigenvalue weighted by atomic mass is 14.2. The van der Waals surface area contributed by atoms with Gasteiger partial charge in [-0.05, 0) is 24.2 Å². The summed E-state index contributed by atoms with van der Waals surface area (Å²) in [6.45, 7) is 13.2. The molecule has 0 aliphatic rings. The summed E-state index contributed by atoms with van der Waals surface area (Å²) in [5.41, 5.74) is 0.542. The molecule has 0 saturated carbocycles. The standard InChI is InChI=1S/C11H23/c1-6-8-11(4,5)9-7-10(2)3/h10H,2,6-9H2,1,3-5H3.